The predicted octanol–water partition coefficient (Wildman–Crippen LogP) is 3.94. The highest BCUT2D eigenvalue weighted by Crippen LogP contribution is 2.36. The summed E-state index contributed by atoms with van der Waals surface area (Å²) in [6, 6.07) is 26.1. The average molecular weight is 553 g/mol. The minimum absolute atomic E-state index is 0.157. The SMILES string of the molecule is CN(C)S(=O)(=O)NCc1cccc(-c2cc(-c3ccc4cn(Cc5ccccc5)nc4c3)c3c(N)ncnn23)c1. The lowest BCUT2D eigenvalue weighted by Crippen LogP contribution is -2.35. The van der Waals surface area contributed by atoms with Crippen LogP contribution in [0.15, 0.2) is 91.4 Å². The molecule has 0 fully saturated rings. The molecule has 40 heavy (non-hydrogen) atoms. The number of benzene rings is 3. The van der Waals surface area contributed by atoms with Crippen LogP contribution in [0, 0.1) is 0 Å². The fraction of sp³-hybridized carbons (Fsp3) is 0.138. The van der Waals surface area contributed by atoms with Gasteiger partial charge in [-0.1, -0.05) is 60.7 Å². The minimum Gasteiger partial charge on any atom is -0.382 e. The maximum Gasteiger partial charge on any atom is 0.279 e. The average Bonchev–Trinajstić information content (AvgIpc) is 3.54. The Bertz CT molecular complexity index is 1950. The van der Waals surface area contributed by atoms with Gasteiger partial charge in [0.2, 0.25) is 0 Å². The molecule has 0 atom stereocenters. The molecule has 6 rings (SSSR count). The quantitative estimate of drug-likeness (QED) is 0.295. The van der Waals surface area contributed by atoms with Gasteiger partial charge in [-0.15, -0.1) is 0 Å². The zero-order valence-corrected chi connectivity index (χ0v) is 22.9. The van der Waals surface area contributed by atoms with Crippen LogP contribution in [0.2, 0.25) is 0 Å². The van der Waals surface area contributed by atoms with Crippen molar-refractivity contribution in [3.8, 4) is 22.4 Å². The Morgan fingerprint density at radius 3 is 2.52 bits per heavy atom. The number of fused-ring (bicyclic) bond motifs is 2. The molecule has 0 saturated heterocycles. The summed E-state index contributed by atoms with van der Waals surface area (Å²) in [5, 5.41) is 10.4. The van der Waals surface area contributed by atoms with Crippen LogP contribution >= 0.6 is 0 Å². The molecule has 10 nitrogen and oxygen atoms in total. The topological polar surface area (TPSA) is 123 Å². The van der Waals surface area contributed by atoms with Crippen molar-refractivity contribution in [3.05, 3.63) is 103 Å². The summed E-state index contributed by atoms with van der Waals surface area (Å²) in [5.74, 6) is 0.362. The van der Waals surface area contributed by atoms with E-state index in [1.54, 1.807) is 4.52 Å². The first-order valence-corrected chi connectivity index (χ1v) is 14.1. The lowest BCUT2D eigenvalue weighted by Gasteiger charge is -2.12. The van der Waals surface area contributed by atoms with Crippen LogP contribution in [0.3, 0.4) is 0 Å². The molecule has 0 amide bonds. The largest absolute Gasteiger partial charge is 0.382 e. The first kappa shape index (κ1) is 25.7. The number of rotatable bonds is 8. The molecule has 0 aliphatic heterocycles. The third-order valence-corrected chi connectivity index (χ3v) is 8.27. The zero-order chi connectivity index (χ0) is 27.9. The minimum atomic E-state index is -3.55. The van der Waals surface area contributed by atoms with Gasteiger partial charge in [-0.3, -0.25) is 4.68 Å². The molecular weight excluding hydrogens is 524 g/mol. The molecule has 6 aromatic rings. The van der Waals surface area contributed by atoms with Gasteiger partial charge in [0.1, 0.15) is 11.8 Å². The highest BCUT2D eigenvalue weighted by atomic mass is 32.2. The first-order chi connectivity index (χ1) is 19.3. The van der Waals surface area contributed by atoms with Crippen molar-refractivity contribution in [2.45, 2.75) is 13.1 Å². The van der Waals surface area contributed by atoms with Gasteiger partial charge in [0.15, 0.2) is 5.82 Å². The molecule has 0 spiro atoms. The van der Waals surface area contributed by atoms with E-state index < -0.39 is 10.2 Å². The standard InChI is InChI=1S/C29H28N8O2S/c1-35(2)40(38,39)33-16-21-9-6-10-23(13-21)27-15-25(28-29(30)31-19-32-37(27)28)22-11-12-24-18-36(34-26(24)14-22)17-20-7-4-3-5-8-20/h3-15,18-19,33H,16-17H2,1-2H3,(H2,30,31,32). The van der Waals surface area contributed by atoms with E-state index in [0.29, 0.717) is 17.9 Å². The summed E-state index contributed by atoms with van der Waals surface area (Å²) < 4.78 is 31.8. The second-order valence-electron chi connectivity index (χ2n) is 9.74. The van der Waals surface area contributed by atoms with Gasteiger partial charge < -0.3 is 5.73 Å². The van der Waals surface area contributed by atoms with E-state index in [1.165, 1.54) is 26.0 Å². The molecule has 0 aliphatic rings. The summed E-state index contributed by atoms with van der Waals surface area (Å²) in [5.41, 5.74) is 13.4. The van der Waals surface area contributed by atoms with Gasteiger partial charge in [-0.2, -0.15) is 27.6 Å². The summed E-state index contributed by atoms with van der Waals surface area (Å²) >= 11 is 0. The molecule has 202 valence electrons. The summed E-state index contributed by atoms with van der Waals surface area (Å²) in [6.45, 7) is 0.843. The molecular formula is C29H28N8O2S. The van der Waals surface area contributed by atoms with Crippen LogP contribution < -0.4 is 10.5 Å². The summed E-state index contributed by atoms with van der Waals surface area (Å²) in [6.07, 6.45) is 3.47. The van der Waals surface area contributed by atoms with Crippen molar-refractivity contribution in [2.24, 2.45) is 0 Å². The Kier molecular flexibility index (Phi) is 6.54. The second kappa shape index (κ2) is 10.2. The third-order valence-electron chi connectivity index (χ3n) is 6.80. The molecule has 3 aromatic heterocycles. The molecule has 0 saturated carbocycles. The van der Waals surface area contributed by atoms with Crippen LogP contribution in [0.1, 0.15) is 11.1 Å². The van der Waals surface area contributed by atoms with Crippen molar-refractivity contribution in [2.75, 3.05) is 19.8 Å². The highest BCUT2D eigenvalue weighted by molar-refractivity contribution is 7.87. The van der Waals surface area contributed by atoms with Gasteiger partial charge in [0, 0.05) is 43.4 Å². The summed E-state index contributed by atoms with van der Waals surface area (Å²) in [7, 11) is -0.570. The van der Waals surface area contributed by atoms with Crippen LogP contribution in [0.5, 0.6) is 0 Å². The van der Waals surface area contributed by atoms with E-state index >= 15 is 0 Å². The number of nitrogens with zero attached hydrogens (tertiary/aromatic N) is 6. The first-order valence-electron chi connectivity index (χ1n) is 12.7. The van der Waals surface area contributed by atoms with E-state index in [-0.39, 0.29) is 6.54 Å². The van der Waals surface area contributed by atoms with Crippen LogP contribution in [-0.4, -0.2) is 51.2 Å². The Balaban J connectivity index is 1.38. The Morgan fingerprint density at radius 1 is 0.925 bits per heavy atom. The van der Waals surface area contributed by atoms with Crippen LogP contribution in [0.25, 0.3) is 38.8 Å². The Morgan fingerprint density at radius 2 is 1.73 bits per heavy atom. The van der Waals surface area contributed by atoms with Crippen LogP contribution in [0.4, 0.5) is 5.82 Å². The van der Waals surface area contributed by atoms with E-state index in [2.05, 4.69) is 45.1 Å². The van der Waals surface area contributed by atoms with Crippen molar-refractivity contribution < 1.29 is 8.42 Å². The van der Waals surface area contributed by atoms with Gasteiger partial charge in [0.05, 0.1) is 17.8 Å². The van der Waals surface area contributed by atoms with Crippen molar-refractivity contribution in [1.82, 2.24) is 33.4 Å². The maximum atomic E-state index is 12.2. The Hall–Kier alpha value is -4.58. The maximum absolute atomic E-state index is 12.2. The molecule has 0 bridgehead atoms. The van der Waals surface area contributed by atoms with Gasteiger partial charge in [-0.05, 0) is 34.9 Å². The van der Waals surface area contributed by atoms with E-state index in [0.717, 1.165) is 43.2 Å². The summed E-state index contributed by atoms with van der Waals surface area (Å²) in [4.78, 5) is 4.25. The van der Waals surface area contributed by atoms with Crippen molar-refractivity contribution in [1.29, 1.82) is 0 Å². The molecule has 3 heterocycles. The van der Waals surface area contributed by atoms with Crippen molar-refractivity contribution >= 4 is 32.4 Å². The highest BCUT2D eigenvalue weighted by Gasteiger charge is 2.18. The third kappa shape index (κ3) is 4.93. The number of nitrogens with one attached hydrogen (secondary N) is 1. The number of aromatic nitrogens is 5. The monoisotopic (exact) mass is 552 g/mol. The van der Waals surface area contributed by atoms with Gasteiger partial charge in [0.25, 0.3) is 10.2 Å². The molecule has 0 radical (unpaired) electrons. The smallest absolute Gasteiger partial charge is 0.279 e. The fourth-order valence-corrected chi connectivity index (χ4v) is 5.33. The molecule has 0 aliphatic carbocycles. The van der Waals surface area contributed by atoms with Crippen LogP contribution in [-0.2, 0) is 23.3 Å². The lowest BCUT2D eigenvalue weighted by atomic mass is 10.0. The normalized spacial score (nSPS) is 12.1. The molecule has 3 aromatic carbocycles. The second-order valence-corrected chi connectivity index (χ2v) is 11.7. The predicted molar refractivity (Wildman–Crippen MR) is 157 cm³/mol. The van der Waals surface area contributed by atoms with E-state index in [1.807, 2.05) is 59.4 Å². The molecule has 0 unspecified atom stereocenters. The van der Waals surface area contributed by atoms with Gasteiger partial charge in [-0.25, -0.2) is 9.50 Å². The zero-order valence-electron chi connectivity index (χ0n) is 22.1. The van der Waals surface area contributed by atoms with E-state index in [9.17, 15) is 8.42 Å². The Labute approximate surface area is 231 Å². The van der Waals surface area contributed by atoms with E-state index in [4.69, 9.17) is 10.8 Å². The number of anilines is 1. The van der Waals surface area contributed by atoms with Crippen molar-refractivity contribution in [3.63, 3.8) is 0 Å². The number of hydrogen-bond acceptors (Lipinski definition) is 6. The molecule has 11 heteroatoms. The molecule has 3 N–H and O–H groups in total. The number of nitrogens with two attached hydrogens (primary N) is 1. The fourth-order valence-electron chi connectivity index (χ4n) is 4.72. The van der Waals surface area contributed by atoms with Gasteiger partial charge >= 0.3 is 0 Å². The number of nitrogen functional groups attached to an aromatic ring is 1. The lowest BCUT2D eigenvalue weighted by molar-refractivity contribution is 0.505. The number of hydrogen-bond donors (Lipinski definition) is 2.